The molecule has 0 saturated carbocycles. The van der Waals surface area contributed by atoms with Gasteiger partial charge in [-0.3, -0.25) is 9.59 Å². The van der Waals surface area contributed by atoms with Crippen LogP contribution in [-0.4, -0.2) is 53.9 Å². The highest BCUT2D eigenvalue weighted by atomic mass is 32.1. The number of rotatable bonds is 14. The number of carboxylic acid groups (broad SMARTS) is 1. The van der Waals surface area contributed by atoms with E-state index >= 15 is 0 Å². The van der Waals surface area contributed by atoms with Gasteiger partial charge in [0.1, 0.15) is 0 Å². The lowest BCUT2D eigenvalue weighted by Gasteiger charge is -2.27. The minimum absolute atomic E-state index is 0.0570. The zero-order valence-electron chi connectivity index (χ0n) is 18.0. The van der Waals surface area contributed by atoms with Gasteiger partial charge >= 0.3 is 5.97 Å². The topological polar surface area (TPSA) is 99.7 Å². The average molecular weight is 440 g/mol. The Hall–Kier alpha value is -1.67. The number of hydrogen-bond acceptors (Lipinski definition) is 4. The standard InChI is InChI=1S/C22H37N3O4S/c1-2-3-8-13-23-22(30)25-15-20(26)24-14-17-16(18-11-12-19(17)29-18)9-6-4-5-7-10-21(27)28/h4,6,16-19H,2-3,5,7-15H2,1H3,(H,24,26)(H,27,28)(H2,23,25,30)/b6-4-/t16-,17+,18-,19+/m1/s1. The lowest BCUT2D eigenvalue weighted by molar-refractivity contribution is -0.137. The molecule has 170 valence electrons. The Morgan fingerprint density at radius 1 is 1.07 bits per heavy atom. The first-order chi connectivity index (χ1) is 14.5. The van der Waals surface area contributed by atoms with Crippen molar-refractivity contribution in [2.24, 2.45) is 11.8 Å². The van der Waals surface area contributed by atoms with E-state index in [2.05, 4.69) is 35.0 Å². The van der Waals surface area contributed by atoms with Crippen molar-refractivity contribution >= 4 is 29.2 Å². The van der Waals surface area contributed by atoms with Gasteiger partial charge in [-0.15, -0.1) is 0 Å². The van der Waals surface area contributed by atoms with Crippen LogP contribution in [0.25, 0.3) is 0 Å². The van der Waals surface area contributed by atoms with Gasteiger partial charge in [0.05, 0.1) is 18.8 Å². The Morgan fingerprint density at radius 2 is 1.83 bits per heavy atom. The highest BCUT2D eigenvalue weighted by molar-refractivity contribution is 7.80. The van der Waals surface area contributed by atoms with E-state index in [4.69, 9.17) is 22.1 Å². The fraction of sp³-hybridized carbons (Fsp3) is 0.773. The Bertz CT molecular complexity index is 599. The molecule has 0 aliphatic carbocycles. The summed E-state index contributed by atoms with van der Waals surface area (Å²) in [5.41, 5.74) is 0. The number of allylic oxidation sites excluding steroid dienone is 2. The van der Waals surface area contributed by atoms with Crippen LogP contribution >= 0.6 is 12.2 Å². The Kier molecular flexibility index (Phi) is 11.1. The largest absolute Gasteiger partial charge is 0.481 e. The molecule has 0 radical (unpaired) electrons. The van der Waals surface area contributed by atoms with E-state index in [9.17, 15) is 9.59 Å². The molecule has 1 amide bonds. The minimum atomic E-state index is -0.747. The van der Waals surface area contributed by atoms with E-state index in [0.717, 1.165) is 38.6 Å². The summed E-state index contributed by atoms with van der Waals surface area (Å²) in [7, 11) is 0. The minimum Gasteiger partial charge on any atom is -0.481 e. The molecule has 2 fully saturated rings. The molecule has 8 heteroatoms. The molecule has 2 aliphatic rings. The van der Waals surface area contributed by atoms with Gasteiger partial charge in [0, 0.05) is 25.4 Å². The normalized spacial score (nSPS) is 24.8. The van der Waals surface area contributed by atoms with E-state index in [0.29, 0.717) is 29.9 Å². The number of ether oxygens (including phenoxy) is 1. The predicted octanol–water partition coefficient (Wildman–Crippen LogP) is 2.75. The average Bonchev–Trinajstić information content (AvgIpc) is 3.32. The van der Waals surface area contributed by atoms with Crippen molar-refractivity contribution in [2.45, 2.75) is 76.9 Å². The number of carboxylic acids is 1. The van der Waals surface area contributed by atoms with E-state index in [1.807, 2.05) is 0 Å². The van der Waals surface area contributed by atoms with Crippen LogP contribution in [0.2, 0.25) is 0 Å². The van der Waals surface area contributed by atoms with Crippen molar-refractivity contribution in [2.75, 3.05) is 19.6 Å². The van der Waals surface area contributed by atoms with Gasteiger partial charge in [-0.1, -0.05) is 31.9 Å². The molecule has 0 unspecified atom stereocenters. The molecule has 2 heterocycles. The number of carbonyl (C=O) groups excluding carboxylic acids is 1. The summed E-state index contributed by atoms with van der Waals surface area (Å²) in [6, 6.07) is 0. The van der Waals surface area contributed by atoms with Gasteiger partial charge in [0.2, 0.25) is 5.91 Å². The quantitative estimate of drug-likeness (QED) is 0.188. The number of hydrogen-bond donors (Lipinski definition) is 4. The third kappa shape index (κ3) is 8.60. The van der Waals surface area contributed by atoms with Gasteiger partial charge in [0.25, 0.3) is 0 Å². The van der Waals surface area contributed by atoms with Crippen LogP contribution in [0.1, 0.15) is 64.7 Å². The van der Waals surface area contributed by atoms with Crippen molar-refractivity contribution in [1.82, 2.24) is 16.0 Å². The van der Waals surface area contributed by atoms with Crippen LogP contribution < -0.4 is 16.0 Å². The van der Waals surface area contributed by atoms with E-state index in [1.165, 1.54) is 12.8 Å². The van der Waals surface area contributed by atoms with Crippen LogP contribution in [0.15, 0.2) is 12.2 Å². The molecule has 0 aromatic heterocycles. The van der Waals surface area contributed by atoms with Crippen LogP contribution in [0.3, 0.4) is 0 Å². The van der Waals surface area contributed by atoms with Crippen molar-refractivity contribution in [3.8, 4) is 0 Å². The highest BCUT2D eigenvalue weighted by Gasteiger charge is 2.47. The number of carbonyl (C=O) groups is 2. The van der Waals surface area contributed by atoms with Crippen LogP contribution in [-0.2, 0) is 14.3 Å². The van der Waals surface area contributed by atoms with Gasteiger partial charge in [-0.2, -0.15) is 0 Å². The molecule has 0 aromatic rings. The van der Waals surface area contributed by atoms with Gasteiger partial charge < -0.3 is 25.8 Å². The van der Waals surface area contributed by atoms with Gasteiger partial charge in [-0.25, -0.2) is 0 Å². The maximum atomic E-state index is 12.2. The van der Waals surface area contributed by atoms with E-state index < -0.39 is 5.97 Å². The molecule has 2 saturated heterocycles. The van der Waals surface area contributed by atoms with E-state index in [1.54, 1.807) is 0 Å². The Labute approximate surface area is 185 Å². The van der Waals surface area contributed by atoms with Gasteiger partial charge in [0.15, 0.2) is 5.11 Å². The smallest absolute Gasteiger partial charge is 0.303 e. The van der Waals surface area contributed by atoms with Crippen molar-refractivity contribution in [1.29, 1.82) is 0 Å². The maximum absolute atomic E-state index is 12.2. The molecule has 30 heavy (non-hydrogen) atoms. The first kappa shape index (κ1) is 24.6. The lowest BCUT2D eigenvalue weighted by Crippen LogP contribution is -2.44. The van der Waals surface area contributed by atoms with Crippen molar-refractivity contribution < 1.29 is 19.4 Å². The van der Waals surface area contributed by atoms with Crippen molar-refractivity contribution in [3.05, 3.63) is 12.2 Å². The molecule has 2 aliphatic heterocycles. The SMILES string of the molecule is CCCCCNC(=S)NCC(=O)NC[C@H]1[C@@H](C/C=C\CCCC(=O)O)[C@H]2CC[C@@H]1O2. The zero-order valence-corrected chi connectivity index (χ0v) is 18.8. The first-order valence-corrected chi connectivity index (χ1v) is 11.7. The summed E-state index contributed by atoms with van der Waals surface area (Å²) in [4.78, 5) is 22.8. The monoisotopic (exact) mass is 439 g/mol. The summed E-state index contributed by atoms with van der Waals surface area (Å²) >= 11 is 5.21. The number of nitrogens with one attached hydrogen (secondary N) is 3. The molecule has 2 rings (SSSR count). The summed E-state index contributed by atoms with van der Waals surface area (Å²) in [5.74, 6) is -0.0637. The fourth-order valence-electron chi connectivity index (χ4n) is 4.32. The second-order valence-electron chi connectivity index (χ2n) is 8.23. The first-order valence-electron chi connectivity index (χ1n) is 11.3. The third-order valence-corrected chi connectivity index (χ3v) is 6.23. The number of thiocarbonyl (C=S) groups is 1. The zero-order chi connectivity index (χ0) is 21.8. The van der Waals surface area contributed by atoms with Gasteiger partial charge in [-0.05, 0) is 56.7 Å². The Balaban J connectivity index is 1.66. The molecule has 4 atom stereocenters. The molecular weight excluding hydrogens is 402 g/mol. The second-order valence-corrected chi connectivity index (χ2v) is 8.64. The summed E-state index contributed by atoms with van der Waals surface area (Å²) in [6.45, 7) is 3.78. The molecular formula is C22H37N3O4S. The maximum Gasteiger partial charge on any atom is 0.303 e. The lowest BCUT2D eigenvalue weighted by atomic mass is 9.77. The summed E-state index contributed by atoms with van der Waals surface area (Å²) in [6.07, 6.45) is 12.9. The number of fused-ring (bicyclic) bond motifs is 2. The molecule has 2 bridgehead atoms. The number of unbranched alkanes of at least 4 members (excludes halogenated alkanes) is 3. The molecule has 0 spiro atoms. The highest BCUT2D eigenvalue weighted by Crippen LogP contribution is 2.44. The van der Waals surface area contributed by atoms with Crippen LogP contribution in [0.4, 0.5) is 0 Å². The number of aliphatic carboxylic acids is 1. The van der Waals surface area contributed by atoms with Crippen LogP contribution in [0.5, 0.6) is 0 Å². The molecule has 4 N–H and O–H groups in total. The second kappa shape index (κ2) is 13.6. The summed E-state index contributed by atoms with van der Waals surface area (Å²) in [5, 5.41) is 18.3. The summed E-state index contributed by atoms with van der Waals surface area (Å²) < 4.78 is 6.09. The number of amides is 1. The third-order valence-electron chi connectivity index (χ3n) is 5.94. The molecule has 7 nitrogen and oxygen atoms in total. The fourth-order valence-corrected chi connectivity index (χ4v) is 4.49. The van der Waals surface area contributed by atoms with Crippen molar-refractivity contribution in [3.63, 3.8) is 0 Å². The molecule has 0 aromatic carbocycles. The predicted molar refractivity (Wildman–Crippen MR) is 121 cm³/mol. The van der Waals surface area contributed by atoms with E-state index in [-0.39, 0.29) is 31.1 Å². The van der Waals surface area contributed by atoms with Crippen LogP contribution in [0, 0.1) is 11.8 Å². The Morgan fingerprint density at radius 3 is 2.57 bits per heavy atom.